The Balaban J connectivity index is 2.59. The number of nitrogens with zero attached hydrogens (tertiary/aromatic N) is 3. The normalized spacial score (nSPS) is 10.2. The first-order valence-corrected chi connectivity index (χ1v) is 4.50. The second kappa shape index (κ2) is 3.53. The van der Waals surface area contributed by atoms with E-state index in [-0.39, 0.29) is 11.9 Å². The van der Waals surface area contributed by atoms with Gasteiger partial charge in [-0.1, -0.05) is 24.3 Å². The summed E-state index contributed by atoms with van der Waals surface area (Å²) in [5, 5.41) is 0. The number of hydrogen-bond acceptors (Lipinski definition) is 5. The van der Waals surface area contributed by atoms with Crippen molar-refractivity contribution < 1.29 is 0 Å². The van der Waals surface area contributed by atoms with Gasteiger partial charge in [0.15, 0.2) is 5.82 Å². The number of benzene rings is 1. The second-order valence-electron chi connectivity index (χ2n) is 3.19. The highest BCUT2D eigenvalue weighted by Gasteiger charge is 2.06. The highest BCUT2D eigenvalue weighted by atomic mass is 15.1. The molecule has 0 radical (unpaired) electrons. The summed E-state index contributed by atoms with van der Waals surface area (Å²) in [6.07, 6.45) is 0. The van der Waals surface area contributed by atoms with Crippen LogP contribution in [0.4, 0.5) is 11.9 Å². The van der Waals surface area contributed by atoms with Crippen LogP contribution < -0.4 is 11.5 Å². The Morgan fingerprint density at radius 2 is 1.53 bits per heavy atom. The van der Waals surface area contributed by atoms with E-state index in [0.29, 0.717) is 5.82 Å². The molecule has 5 heteroatoms. The van der Waals surface area contributed by atoms with Gasteiger partial charge in [0.1, 0.15) is 0 Å². The van der Waals surface area contributed by atoms with Crippen molar-refractivity contribution in [3.63, 3.8) is 0 Å². The van der Waals surface area contributed by atoms with Crippen LogP contribution in [0, 0.1) is 6.92 Å². The van der Waals surface area contributed by atoms with Crippen molar-refractivity contribution in [3.05, 3.63) is 29.8 Å². The van der Waals surface area contributed by atoms with Gasteiger partial charge in [-0.2, -0.15) is 15.0 Å². The van der Waals surface area contributed by atoms with Crippen LogP contribution in [0.5, 0.6) is 0 Å². The first-order chi connectivity index (χ1) is 7.16. The largest absolute Gasteiger partial charge is 0.368 e. The van der Waals surface area contributed by atoms with Crippen molar-refractivity contribution in [2.24, 2.45) is 0 Å². The Hall–Kier alpha value is -2.17. The summed E-state index contributed by atoms with van der Waals surface area (Å²) in [5.41, 5.74) is 13.0. The number of hydrogen-bond donors (Lipinski definition) is 2. The second-order valence-corrected chi connectivity index (χ2v) is 3.19. The summed E-state index contributed by atoms with van der Waals surface area (Å²) < 4.78 is 0. The standard InChI is InChI=1S/C10H11N5/c1-6-4-2-3-5-7(6)8-13-9(11)15-10(12)14-8/h2-5H,1H3,(H4,11,12,13,14,15). The minimum Gasteiger partial charge on any atom is -0.368 e. The van der Waals surface area contributed by atoms with Gasteiger partial charge in [-0.3, -0.25) is 0 Å². The van der Waals surface area contributed by atoms with E-state index < -0.39 is 0 Å². The predicted octanol–water partition coefficient (Wildman–Crippen LogP) is 1.01. The lowest BCUT2D eigenvalue weighted by atomic mass is 10.1. The van der Waals surface area contributed by atoms with Gasteiger partial charge in [0, 0.05) is 5.56 Å². The van der Waals surface area contributed by atoms with E-state index >= 15 is 0 Å². The molecule has 0 atom stereocenters. The fourth-order valence-electron chi connectivity index (χ4n) is 1.35. The lowest BCUT2D eigenvalue weighted by Crippen LogP contribution is -2.04. The van der Waals surface area contributed by atoms with E-state index in [1.807, 2.05) is 31.2 Å². The molecule has 1 aromatic heterocycles. The van der Waals surface area contributed by atoms with Crippen LogP contribution in [0.25, 0.3) is 11.4 Å². The van der Waals surface area contributed by atoms with Crippen LogP contribution in [0.3, 0.4) is 0 Å². The molecular formula is C10H11N5. The minimum atomic E-state index is 0.140. The topological polar surface area (TPSA) is 90.7 Å². The van der Waals surface area contributed by atoms with Gasteiger partial charge in [0.25, 0.3) is 0 Å². The Kier molecular flexibility index (Phi) is 2.21. The van der Waals surface area contributed by atoms with Crippen molar-refractivity contribution in [1.82, 2.24) is 15.0 Å². The number of rotatable bonds is 1. The van der Waals surface area contributed by atoms with Crippen molar-refractivity contribution in [2.75, 3.05) is 11.5 Å². The zero-order valence-corrected chi connectivity index (χ0v) is 8.31. The first kappa shape index (κ1) is 9.39. The van der Waals surface area contributed by atoms with Crippen molar-refractivity contribution in [3.8, 4) is 11.4 Å². The van der Waals surface area contributed by atoms with E-state index in [4.69, 9.17) is 11.5 Å². The molecule has 0 bridgehead atoms. The third-order valence-corrected chi connectivity index (χ3v) is 2.06. The molecule has 0 amide bonds. The molecule has 4 N–H and O–H groups in total. The van der Waals surface area contributed by atoms with Crippen molar-refractivity contribution >= 4 is 11.9 Å². The van der Waals surface area contributed by atoms with Gasteiger partial charge in [-0.25, -0.2) is 0 Å². The summed E-state index contributed by atoms with van der Waals surface area (Å²) >= 11 is 0. The maximum absolute atomic E-state index is 5.50. The van der Waals surface area contributed by atoms with Crippen LogP contribution in [-0.2, 0) is 0 Å². The van der Waals surface area contributed by atoms with Crippen LogP contribution >= 0.6 is 0 Å². The summed E-state index contributed by atoms with van der Waals surface area (Å²) in [6, 6.07) is 7.76. The van der Waals surface area contributed by atoms with Gasteiger partial charge in [-0.05, 0) is 12.5 Å². The maximum atomic E-state index is 5.50. The molecule has 0 unspecified atom stereocenters. The van der Waals surface area contributed by atoms with Crippen LogP contribution in [0.2, 0.25) is 0 Å². The van der Waals surface area contributed by atoms with Gasteiger partial charge < -0.3 is 11.5 Å². The molecule has 0 aliphatic carbocycles. The quantitative estimate of drug-likeness (QED) is 0.718. The molecule has 15 heavy (non-hydrogen) atoms. The molecule has 0 saturated heterocycles. The van der Waals surface area contributed by atoms with Gasteiger partial charge in [-0.15, -0.1) is 0 Å². The molecule has 0 fully saturated rings. The van der Waals surface area contributed by atoms with Gasteiger partial charge in [0.2, 0.25) is 11.9 Å². The van der Waals surface area contributed by atoms with E-state index in [9.17, 15) is 0 Å². The summed E-state index contributed by atoms with van der Waals surface area (Å²) in [6.45, 7) is 1.98. The molecule has 1 aromatic carbocycles. The summed E-state index contributed by atoms with van der Waals surface area (Å²) in [7, 11) is 0. The van der Waals surface area contributed by atoms with Gasteiger partial charge >= 0.3 is 0 Å². The highest BCUT2D eigenvalue weighted by Crippen LogP contribution is 2.19. The Morgan fingerprint density at radius 1 is 0.933 bits per heavy atom. The Labute approximate surface area is 87.2 Å². The molecule has 2 rings (SSSR count). The molecule has 5 nitrogen and oxygen atoms in total. The lowest BCUT2D eigenvalue weighted by Gasteiger charge is -2.04. The van der Waals surface area contributed by atoms with E-state index in [2.05, 4.69) is 15.0 Å². The molecule has 0 saturated carbocycles. The zero-order chi connectivity index (χ0) is 10.8. The Morgan fingerprint density at radius 3 is 2.13 bits per heavy atom. The number of aryl methyl sites for hydroxylation is 1. The van der Waals surface area contributed by atoms with E-state index in [1.54, 1.807) is 0 Å². The zero-order valence-electron chi connectivity index (χ0n) is 8.31. The van der Waals surface area contributed by atoms with E-state index in [1.165, 1.54) is 0 Å². The summed E-state index contributed by atoms with van der Waals surface area (Å²) in [5.74, 6) is 0.791. The first-order valence-electron chi connectivity index (χ1n) is 4.50. The molecule has 1 heterocycles. The highest BCUT2D eigenvalue weighted by molar-refractivity contribution is 5.61. The van der Waals surface area contributed by atoms with Crippen LogP contribution in [0.15, 0.2) is 24.3 Å². The minimum absolute atomic E-state index is 0.140. The third kappa shape index (κ3) is 1.85. The molecular weight excluding hydrogens is 190 g/mol. The number of nitrogen functional groups attached to an aromatic ring is 2. The van der Waals surface area contributed by atoms with Crippen LogP contribution in [0.1, 0.15) is 5.56 Å². The molecule has 76 valence electrons. The molecule has 0 spiro atoms. The molecule has 2 aromatic rings. The van der Waals surface area contributed by atoms with Crippen LogP contribution in [-0.4, -0.2) is 15.0 Å². The monoisotopic (exact) mass is 201 g/mol. The SMILES string of the molecule is Cc1ccccc1-c1nc(N)nc(N)n1. The average molecular weight is 201 g/mol. The van der Waals surface area contributed by atoms with Crippen molar-refractivity contribution in [2.45, 2.75) is 6.92 Å². The molecule has 0 aliphatic rings. The predicted molar refractivity (Wildman–Crippen MR) is 58.8 cm³/mol. The smallest absolute Gasteiger partial charge is 0.225 e. The Bertz CT molecular complexity index is 475. The molecule has 0 aliphatic heterocycles. The van der Waals surface area contributed by atoms with Gasteiger partial charge in [0.05, 0.1) is 0 Å². The number of aromatic nitrogens is 3. The number of anilines is 2. The fourth-order valence-corrected chi connectivity index (χ4v) is 1.35. The third-order valence-electron chi connectivity index (χ3n) is 2.06. The summed E-state index contributed by atoms with van der Waals surface area (Å²) in [4.78, 5) is 11.8. The van der Waals surface area contributed by atoms with E-state index in [0.717, 1.165) is 11.1 Å². The lowest BCUT2D eigenvalue weighted by molar-refractivity contribution is 1.08. The average Bonchev–Trinajstić information content (AvgIpc) is 2.16. The maximum Gasteiger partial charge on any atom is 0.225 e. The number of nitrogens with two attached hydrogens (primary N) is 2. The van der Waals surface area contributed by atoms with Crippen molar-refractivity contribution in [1.29, 1.82) is 0 Å². The fraction of sp³-hybridized carbons (Fsp3) is 0.100.